The summed E-state index contributed by atoms with van der Waals surface area (Å²) in [6.07, 6.45) is 0. The highest BCUT2D eigenvalue weighted by Crippen LogP contribution is 2.07. The zero-order chi connectivity index (χ0) is 18.1. The molecule has 0 atom stereocenters. The van der Waals surface area contributed by atoms with Gasteiger partial charge in [-0.25, -0.2) is 9.38 Å². The first-order chi connectivity index (χ1) is 12.1. The van der Waals surface area contributed by atoms with Gasteiger partial charge in [0.15, 0.2) is 5.96 Å². The highest BCUT2D eigenvalue weighted by molar-refractivity contribution is 5.93. The number of carbonyl (C=O) groups is 1. The molecule has 0 fully saturated rings. The molecule has 0 aliphatic rings. The molecule has 2 aromatic rings. The second-order valence-corrected chi connectivity index (χ2v) is 5.42. The molecule has 2 rings (SSSR count). The molecule has 132 valence electrons. The summed E-state index contributed by atoms with van der Waals surface area (Å²) in [5.74, 6) is 0.256. The molecule has 0 aliphatic carbocycles. The van der Waals surface area contributed by atoms with Crippen molar-refractivity contribution in [1.82, 2.24) is 16.0 Å². The Labute approximate surface area is 147 Å². The number of carbonyl (C=O) groups excluding carboxylic acids is 1. The van der Waals surface area contributed by atoms with Crippen LogP contribution in [0.1, 0.15) is 28.4 Å². The van der Waals surface area contributed by atoms with Gasteiger partial charge in [-0.05, 0) is 30.7 Å². The van der Waals surface area contributed by atoms with Crippen LogP contribution in [0.25, 0.3) is 0 Å². The van der Waals surface area contributed by atoms with Crippen molar-refractivity contribution in [3.63, 3.8) is 0 Å². The zero-order valence-corrected chi connectivity index (χ0v) is 14.5. The van der Waals surface area contributed by atoms with Crippen LogP contribution in [0, 0.1) is 5.82 Å². The van der Waals surface area contributed by atoms with Gasteiger partial charge in [0, 0.05) is 31.3 Å². The van der Waals surface area contributed by atoms with E-state index in [4.69, 9.17) is 0 Å². The van der Waals surface area contributed by atoms with Crippen molar-refractivity contribution in [2.75, 3.05) is 13.6 Å². The van der Waals surface area contributed by atoms with Crippen LogP contribution in [-0.2, 0) is 13.1 Å². The maximum absolute atomic E-state index is 13.7. The number of nitrogens with zero attached hydrogens (tertiary/aromatic N) is 1. The molecule has 2 aromatic carbocycles. The third-order valence-electron chi connectivity index (χ3n) is 3.61. The average molecular weight is 342 g/mol. The fourth-order valence-electron chi connectivity index (χ4n) is 2.24. The van der Waals surface area contributed by atoms with Gasteiger partial charge >= 0.3 is 0 Å². The van der Waals surface area contributed by atoms with Gasteiger partial charge in [0.2, 0.25) is 0 Å². The monoisotopic (exact) mass is 342 g/mol. The molecule has 5 nitrogen and oxygen atoms in total. The lowest BCUT2D eigenvalue weighted by Crippen LogP contribution is -2.37. The summed E-state index contributed by atoms with van der Waals surface area (Å²) in [6, 6.07) is 13.9. The summed E-state index contributed by atoms with van der Waals surface area (Å²) < 4.78 is 13.7. The second kappa shape index (κ2) is 9.42. The molecule has 0 aromatic heterocycles. The van der Waals surface area contributed by atoms with Crippen molar-refractivity contribution in [1.29, 1.82) is 0 Å². The molecule has 0 saturated carbocycles. The van der Waals surface area contributed by atoms with Crippen molar-refractivity contribution < 1.29 is 9.18 Å². The molecular formula is C19H23FN4O. The van der Waals surface area contributed by atoms with Crippen LogP contribution in [0.2, 0.25) is 0 Å². The number of amides is 1. The van der Waals surface area contributed by atoms with E-state index in [2.05, 4.69) is 20.9 Å². The lowest BCUT2D eigenvalue weighted by atomic mass is 10.1. The smallest absolute Gasteiger partial charge is 0.251 e. The zero-order valence-electron chi connectivity index (χ0n) is 14.5. The first-order valence-electron chi connectivity index (χ1n) is 8.20. The molecule has 0 bridgehead atoms. The molecule has 0 spiro atoms. The Bertz CT molecular complexity index is 728. The van der Waals surface area contributed by atoms with Crippen LogP contribution in [0.4, 0.5) is 4.39 Å². The summed E-state index contributed by atoms with van der Waals surface area (Å²) in [6.45, 7) is 3.49. The number of benzene rings is 2. The van der Waals surface area contributed by atoms with Crippen LogP contribution in [-0.4, -0.2) is 25.5 Å². The van der Waals surface area contributed by atoms with E-state index in [0.29, 0.717) is 36.7 Å². The number of aliphatic imine (C=N–C) groups is 1. The number of hydrogen-bond donors (Lipinski definition) is 3. The first kappa shape index (κ1) is 18.4. The molecule has 6 heteroatoms. The average Bonchev–Trinajstić information content (AvgIpc) is 2.65. The minimum absolute atomic E-state index is 0.116. The van der Waals surface area contributed by atoms with Crippen molar-refractivity contribution in [3.8, 4) is 0 Å². The van der Waals surface area contributed by atoms with Crippen LogP contribution in [0.15, 0.2) is 53.5 Å². The quantitative estimate of drug-likeness (QED) is 0.558. The van der Waals surface area contributed by atoms with E-state index in [9.17, 15) is 9.18 Å². The molecule has 0 aliphatic heterocycles. The predicted octanol–water partition coefficient (Wildman–Crippen LogP) is 2.44. The largest absolute Gasteiger partial charge is 0.357 e. The fraction of sp³-hybridized carbons (Fsp3) is 0.263. The molecule has 1 amide bonds. The summed E-state index contributed by atoms with van der Waals surface area (Å²) in [7, 11) is 1.60. The van der Waals surface area contributed by atoms with E-state index in [-0.39, 0.29) is 11.7 Å². The van der Waals surface area contributed by atoms with Gasteiger partial charge in [-0.2, -0.15) is 0 Å². The predicted molar refractivity (Wildman–Crippen MR) is 97.9 cm³/mol. The Kier molecular flexibility index (Phi) is 6.95. The van der Waals surface area contributed by atoms with Crippen LogP contribution >= 0.6 is 0 Å². The van der Waals surface area contributed by atoms with Crippen molar-refractivity contribution in [2.45, 2.75) is 20.0 Å². The van der Waals surface area contributed by atoms with Crippen molar-refractivity contribution >= 4 is 11.9 Å². The van der Waals surface area contributed by atoms with Gasteiger partial charge in [-0.3, -0.25) is 4.79 Å². The SMILES string of the molecule is CCNC(=NCc1ccc(C(=O)NC)cc1)NCc1ccccc1F. The lowest BCUT2D eigenvalue weighted by Gasteiger charge is -2.12. The minimum Gasteiger partial charge on any atom is -0.357 e. The van der Waals surface area contributed by atoms with Gasteiger partial charge in [-0.15, -0.1) is 0 Å². The standard InChI is InChI=1S/C19H23FN4O/c1-3-22-19(24-13-16-6-4-5-7-17(16)20)23-12-14-8-10-15(11-9-14)18(25)21-2/h4-11H,3,12-13H2,1-2H3,(H,21,25)(H2,22,23,24). The number of nitrogens with one attached hydrogen (secondary N) is 3. The number of guanidine groups is 1. The third kappa shape index (κ3) is 5.60. The lowest BCUT2D eigenvalue weighted by molar-refractivity contribution is 0.0963. The van der Waals surface area contributed by atoms with E-state index in [0.717, 1.165) is 5.56 Å². The highest BCUT2D eigenvalue weighted by atomic mass is 19.1. The van der Waals surface area contributed by atoms with Gasteiger partial charge in [0.1, 0.15) is 5.82 Å². The maximum atomic E-state index is 13.7. The summed E-state index contributed by atoms with van der Waals surface area (Å²) >= 11 is 0. The van der Waals surface area contributed by atoms with Crippen LogP contribution in [0.5, 0.6) is 0 Å². The summed E-state index contributed by atoms with van der Waals surface area (Å²) in [5.41, 5.74) is 2.18. The topological polar surface area (TPSA) is 65.5 Å². The number of hydrogen-bond acceptors (Lipinski definition) is 2. The van der Waals surface area contributed by atoms with E-state index < -0.39 is 0 Å². The Morgan fingerprint density at radius 1 is 1.08 bits per heavy atom. The van der Waals surface area contributed by atoms with Gasteiger partial charge in [-0.1, -0.05) is 30.3 Å². The van der Waals surface area contributed by atoms with Gasteiger partial charge in [0.05, 0.1) is 6.54 Å². The highest BCUT2D eigenvalue weighted by Gasteiger charge is 2.04. The summed E-state index contributed by atoms with van der Waals surface area (Å²) in [4.78, 5) is 16.0. The first-order valence-corrected chi connectivity index (χ1v) is 8.20. The minimum atomic E-state index is -0.240. The molecule has 3 N–H and O–H groups in total. The second-order valence-electron chi connectivity index (χ2n) is 5.42. The molecule has 0 radical (unpaired) electrons. The Hall–Kier alpha value is -2.89. The molecule has 25 heavy (non-hydrogen) atoms. The Morgan fingerprint density at radius 2 is 1.80 bits per heavy atom. The van der Waals surface area contributed by atoms with Crippen molar-refractivity contribution in [3.05, 3.63) is 71.0 Å². The van der Waals surface area contributed by atoms with E-state index >= 15 is 0 Å². The fourth-order valence-corrected chi connectivity index (χ4v) is 2.24. The third-order valence-corrected chi connectivity index (χ3v) is 3.61. The van der Waals surface area contributed by atoms with E-state index in [1.165, 1.54) is 6.07 Å². The molecular weight excluding hydrogens is 319 g/mol. The Balaban J connectivity index is 1.99. The number of rotatable bonds is 6. The Morgan fingerprint density at radius 3 is 2.44 bits per heavy atom. The molecule has 0 heterocycles. The van der Waals surface area contributed by atoms with Gasteiger partial charge in [0.25, 0.3) is 5.91 Å². The maximum Gasteiger partial charge on any atom is 0.251 e. The summed E-state index contributed by atoms with van der Waals surface area (Å²) in [5, 5.41) is 8.84. The van der Waals surface area contributed by atoms with E-state index in [1.54, 1.807) is 37.4 Å². The van der Waals surface area contributed by atoms with Gasteiger partial charge < -0.3 is 16.0 Å². The van der Waals surface area contributed by atoms with Crippen molar-refractivity contribution in [2.24, 2.45) is 4.99 Å². The molecule has 0 saturated heterocycles. The van der Waals surface area contributed by atoms with Crippen LogP contribution < -0.4 is 16.0 Å². The van der Waals surface area contributed by atoms with Crippen LogP contribution in [0.3, 0.4) is 0 Å². The molecule has 0 unspecified atom stereocenters. The number of halogens is 1. The normalized spacial score (nSPS) is 11.1. The van der Waals surface area contributed by atoms with E-state index in [1.807, 2.05) is 19.1 Å².